The summed E-state index contributed by atoms with van der Waals surface area (Å²) in [6.45, 7) is 1.82. The lowest BCUT2D eigenvalue weighted by molar-refractivity contribution is 0.405. The van der Waals surface area contributed by atoms with Crippen molar-refractivity contribution in [3.63, 3.8) is 0 Å². The van der Waals surface area contributed by atoms with E-state index in [1.54, 1.807) is 12.3 Å². The topological polar surface area (TPSA) is 73.9 Å². The third-order valence-electron chi connectivity index (χ3n) is 2.54. The maximum Gasteiger partial charge on any atom is 0.249 e. The van der Waals surface area contributed by atoms with Crippen LogP contribution >= 0.6 is 0 Å². The monoisotopic (exact) mass is 247 g/mol. The molecule has 2 aromatic heterocycles. The van der Waals surface area contributed by atoms with E-state index in [0.717, 1.165) is 24.9 Å². The first-order valence-electron chi connectivity index (χ1n) is 5.90. The largest absolute Gasteiger partial charge is 0.354 e. The molecule has 6 heteroatoms. The Morgan fingerprint density at radius 2 is 2.22 bits per heavy atom. The highest BCUT2D eigenvalue weighted by Gasteiger charge is 2.00. The number of hydrogen-bond donors (Lipinski definition) is 2. The lowest BCUT2D eigenvalue weighted by atomic mass is 10.3. The third kappa shape index (κ3) is 3.27. The van der Waals surface area contributed by atoms with E-state index in [4.69, 9.17) is 0 Å². The predicted molar refractivity (Wildman–Crippen MR) is 71.8 cm³/mol. The van der Waals surface area contributed by atoms with E-state index in [2.05, 4.69) is 25.2 Å². The molecule has 0 saturated carbocycles. The summed E-state index contributed by atoms with van der Waals surface area (Å²) in [5.41, 5.74) is 0.410. The van der Waals surface area contributed by atoms with Gasteiger partial charge in [0.15, 0.2) is 0 Å². The molecule has 6 nitrogen and oxygen atoms in total. The number of nitrogens with zero attached hydrogens (tertiary/aromatic N) is 3. The molecule has 0 bridgehead atoms. The zero-order chi connectivity index (χ0) is 13.0. The number of aromatic nitrogens is 3. The van der Waals surface area contributed by atoms with Crippen LogP contribution < -0.4 is 10.9 Å². The van der Waals surface area contributed by atoms with Crippen LogP contribution in [-0.4, -0.2) is 47.0 Å². The van der Waals surface area contributed by atoms with Gasteiger partial charge < -0.3 is 15.2 Å². The van der Waals surface area contributed by atoms with Crippen LogP contribution in [0.2, 0.25) is 0 Å². The normalized spacial score (nSPS) is 11.1. The molecular formula is C12H17N5O. The van der Waals surface area contributed by atoms with Gasteiger partial charge >= 0.3 is 0 Å². The van der Waals surface area contributed by atoms with Crippen LogP contribution in [-0.2, 0) is 0 Å². The van der Waals surface area contributed by atoms with Gasteiger partial charge in [0.25, 0.3) is 0 Å². The second-order valence-electron chi connectivity index (χ2n) is 4.40. The number of rotatable bonds is 5. The van der Waals surface area contributed by atoms with Crippen LogP contribution in [0.3, 0.4) is 0 Å². The van der Waals surface area contributed by atoms with E-state index in [1.165, 1.54) is 6.07 Å². The molecule has 0 unspecified atom stereocenters. The molecule has 2 heterocycles. The Bertz CT molecular complexity index is 578. The fraction of sp³-hybridized carbons (Fsp3) is 0.417. The average Bonchev–Trinajstić information content (AvgIpc) is 2.34. The molecule has 0 radical (unpaired) electrons. The van der Waals surface area contributed by atoms with Gasteiger partial charge in [0.2, 0.25) is 11.5 Å². The van der Waals surface area contributed by atoms with Crippen molar-refractivity contribution in [3.8, 4) is 0 Å². The minimum atomic E-state index is -0.153. The average molecular weight is 247 g/mol. The van der Waals surface area contributed by atoms with E-state index in [9.17, 15) is 4.79 Å². The maximum absolute atomic E-state index is 11.2. The van der Waals surface area contributed by atoms with E-state index in [0.29, 0.717) is 11.6 Å². The van der Waals surface area contributed by atoms with Crippen LogP contribution in [0.1, 0.15) is 6.42 Å². The van der Waals surface area contributed by atoms with E-state index < -0.39 is 0 Å². The molecule has 0 aliphatic heterocycles. The Labute approximate surface area is 105 Å². The van der Waals surface area contributed by atoms with Gasteiger partial charge in [-0.2, -0.15) is 4.98 Å². The first kappa shape index (κ1) is 12.5. The Morgan fingerprint density at radius 1 is 1.39 bits per heavy atom. The van der Waals surface area contributed by atoms with Gasteiger partial charge in [0.05, 0.1) is 0 Å². The predicted octanol–water partition coefficient (Wildman–Crippen LogP) is 0.682. The van der Waals surface area contributed by atoms with Gasteiger partial charge in [-0.05, 0) is 33.1 Å². The molecule has 0 aliphatic carbocycles. The summed E-state index contributed by atoms with van der Waals surface area (Å²) in [5.74, 6) is 0.545. The number of nitrogens with one attached hydrogen (secondary N) is 2. The molecule has 2 rings (SSSR count). The van der Waals surface area contributed by atoms with Crippen molar-refractivity contribution in [2.45, 2.75) is 6.42 Å². The minimum Gasteiger partial charge on any atom is -0.354 e. The smallest absolute Gasteiger partial charge is 0.249 e. The maximum atomic E-state index is 11.2. The fourth-order valence-electron chi connectivity index (χ4n) is 1.62. The number of anilines is 1. The van der Waals surface area contributed by atoms with Gasteiger partial charge in [0, 0.05) is 24.2 Å². The van der Waals surface area contributed by atoms with Crippen molar-refractivity contribution >= 4 is 17.0 Å². The van der Waals surface area contributed by atoms with Gasteiger partial charge in [0.1, 0.15) is 5.65 Å². The molecule has 0 spiro atoms. The molecular weight excluding hydrogens is 230 g/mol. The highest BCUT2D eigenvalue weighted by atomic mass is 16.1. The third-order valence-corrected chi connectivity index (χ3v) is 2.54. The first-order chi connectivity index (χ1) is 8.65. The highest BCUT2D eigenvalue weighted by Crippen LogP contribution is 2.07. The van der Waals surface area contributed by atoms with Crippen LogP contribution in [0.5, 0.6) is 0 Å². The summed E-state index contributed by atoms with van der Waals surface area (Å²) in [5, 5.41) is 3.97. The quantitative estimate of drug-likeness (QED) is 0.760. The van der Waals surface area contributed by atoms with E-state index in [-0.39, 0.29) is 5.56 Å². The second kappa shape index (κ2) is 5.59. The number of aromatic amines is 1. The molecule has 18 heavy (non-hydrogen) atoms. The summed E-state index contributed by atoms with van der Waals surface area (Å²) in [6.07, 6.45) is 2.71. The van der Waals surface area contributed by atoms with Crippen molar-refractivity contribution < 1.29 is 0 Å². The molecule has 0 fully saturated rings. The Morgan fingerprint density at radius 3 is 3.00 bits per heavy atom. The van der Waals surface area contributed by atoms with Crippen LogP contribution in [0, 0.1) is 0 Å². The lowest BCUT2D eigenvalue weighted by Crippen LogP contribution is -2.17. The number of pyridine rings is 1. The molecule has 96 valence electrons. The first-order valence-corrected chi connectivity index (χ1v) is 5.90. The zero-order valence-electron chi connectivity index (χ0n) is 10.6. The summed E-state index contributed by atoms with van der Waals surface area (Å²) in [7, 11) is 4.08. The second-order valence-corrected chi connectivity index (χ2v) is 4.40. The Kier molecular flexibility index (Phi) is 3.88. The van der Waals surface area contributed by atoms with E-state index in [1.807, 2.05) is 14.1 Å². The van der Waals surface area contributed by atoms with Crippen molar-refractivity contribution in [2.24, 2.45) is 0 Å². The minimum absolute atomic E-state index is 0.153. The summed E-state index contributed by atoms with van der Waals surface area (Å²) < 4.78 is 0. The molecule has 2 N–H and O–H groups in total. The van der Waals surface area contributed by atoms with Crippen molar-refractivity contribution in [1.82, 2.24) is 19.9 Å². The summed E-state index contributed by atoms with van der Waals surface area (Å²) >= 11 is 0. The standard InChI is InChI=1S/C12H17N5O/c1-17(2)7-3-6-13-12-14-8-9-4-5-10(18)15-11(9)16-12/h4-5,8H,3,6-7H2,1-2H3,(H2,13,14,15,16,18). The molecule has 0 aromatic carbocycles. The highest BCUT2D eigenvalue weighted by molar-refractivity contribution is 5.74. The SMILES string of the molecule is CN(C)CCCNc1ncc2ccc(=O)[nH]c2n1. The Hall–Kier alpha value is -1.95. The molecule has 0 amide bonds. The van der Waals surface area contributed by atoms with Gasteiger partial charge in [-0.3, -0.25) is 4.79 Å². The number of H-pyrrole nitrogens is 1. The summed E-state index contributed by atoms with van der Waals surface area (Å²) in [6, 6.07) is 3.18. The van der Waals surface area contributed by atoms with Crippen LogP contribution in [0.15, 0.2) is 23.1 Å². The van der Waals surface area contributed by atoms with Gasteiger partial charge in [-0.25, -0.2) is 4.98 Å². The lowest BCUT2D eigenvalue weighted by Gasteiger charge is -2.09. The van der Waals surface area contributed by atoms with Crippen LogP contribution in [0.25, 0.3) is 11.0 Å². The summed E-state index contributed by atoms with van der Waals surface area (Å²) in [4.78, 5) is 24.5. The van der Waals surface area contributed by atoms with Crippen molar-refractivity contribution in [3.05, 3.63) is 28.7 Å². The fourth-order valence-corrected chi connectivity index (χ4v) is 1.62. The van der Waals surface area contributed by atoms with Gasteiger partial charge in [-0.15, -0.1) is 0 Å². The zero-order valence-corrected chi connectivity index (χ0v) is 10.6. The van der Waals surface area contributed by atoms with E-state index >= 15 is 0 Å². The molecule has 0 aliphatic rings. The van der Waals surface area contributed by atoms with Gasteiger partial charge in [-0.1, -0.05) is 0 Å². The molecule has 0 saturated heterocycles. The molecule has 2 aromatic rings. The number of hydrogen-bond acceptors (Lipinski definition) is 5. The Balaban J connectivity index is 2.03. The van der Waals surface area contributed by atoms with Crippen LogP contribution in [0.4, 0.5) is 5.95 Å². The number of fused-ring (bicyclic) bond motifs is 1. The van der Waals surface area contributed by atoms with Crippen molar-refractivity contribution in [1.29, 1.82) is 0 Å². The molecule has 0 atom stereocenters. The van der Waals surface area contributed by atoms with Crippen molar-refractivity contribution in [2.75, 3.05) is 32.5 Å².